The average Bonchev–Trinajstić information content (AvgIpc) is 2.49. The zero-order valence-corrected chi connectivity index (χ0v) is 12.1. The fraction of sp³-hybridized carbons (Fsp3) is 0. The van der Waals surface area contributed by atoms with Gasteiger partial charge in [-0.15, -0.1) is 0 Å². The number of halogens is 2. The van der Waals surface area contributed by atoms with Crippen molar-refractivity contribution in [1.82, 2.24) is 19.7 Å². The molecule has 0 saturated carbocycles. The fourth-order valence-corrected chi connectivity index (χ4v) is 2.31. The van der Waals surface area contributed by atoms with E-state index in [1.54, 1.807) is 36.7 Å². The Bertz CT molecular complexity index is 849. The van der Waals surface area contributed by atoms with Gasteiger partial charge in [0.2, 0.25) is 5.43 Å². The molecule has 7 heteroatoms. The first-order valence-electron chi connectivity index (χ1n) is 5.97. The maximum absolute atomic E-state index is 12.0. The second-order valence-corrected chi connectivity index (χ2v) is 5.01. The lowest BCUT2D eigenvalue weighted by Gasteiger charge is -2.09. The molecule has 0 spiro atoms. The van der Waals surface area contributed by atoms with Gasteiger partial charge >= 0.3 is 0 Å². The quantitative estimate of drug-likeness (QED) is 0.728. The molecule has 0 bridgehead atoms. The summed E-state index contributed by atoms with van der Waals surface area (Å²) in [7, 11) is 0. The fourth-order valence-electron chi connectivity index (χ4n) is 1.82. The van der Waals surface area contributed by atoms with Gasteiger partial charge in [-0.05, 0) is 24.3 Å². The highest BCUT2D eigenvalue weighted by molar-refractivity contribution is 6.35. The minimum atomic E-state index is -0.227. The van der Waals surface area contributed by atoms with Crippen molar-refractivity contribution in [3.63, 3.8) is 0 Å². The van der Waals surface area contributed by atoms with E-state index < -0.39 is 0 Å². The molecule has 0 fully saturated rings. The minimum Gasteiger partial charge on any atom is -0.287 e. The molecule has 0 radical (unpaired) electrons. The summed E-state index contributed by atoms with van der Waals surface area (Å²) in [5.41, 5.74) is 1.08. The van der Waals surface area contributed by atoms with Gasteiger partial charge in [-0.25, -0.2) is 14.6 Å². The minimum absolute atomic E-state index is 0.227. The monoisotopic (exact) mass is 318 g/mol. The SMILES string of the molecule is O=c1ccn(-c2ccc(Cl)cc2Cl)nc1-c1ccncn1. The van der Waals surface area contributed by atoms with Crippen molar-refractivity contribution in [1.29, 1.82) is 0 Å². The average molecular weight is 319 g/mol. The van der Waals surface area contributed by atoms with Crippen molar-refractivity contribution in [2.75, 3.05) is 0 Å². The van der Waals surface area contributed by atoms with Crippen LogP contribution >= 0.6 is 23.2 Å². The highest BCUT2D eigenvalue weighted by Crippen LogP contribution is 2.23. The van der Waals surface area contributed by atoms with E-state index in [1.165, 1.54) is 17.1 Å². The van der Waals surface area contributed by atoms with E-state index in [0.29, 0.717) is 21.4 Å². The molecular formula is C14H8Cl2N4O. The smallest absolute Gasteiger partial charge is 0.209 e. The van der Waals surface area contributed by atoms with Crippen LogP contribution in [0.3, 0.4) is 0 Å². The molecule has 0 aliphatic carbocycles. The maximum Gasteiger partial charge on any atom is 0.209 e. The van der Waals surface area contributed by atoms with E-state index in [0.717, 1.165) is 0 Å². The Kier molecular flexibility index (Phi) is 3.68. The number of rotatable bonds is 2. The molecule has 0 saturated heterocycles. The Balaban J connectivity index is 2.16. The van der Waals surface area contributed by atoms with E-state index in [9.17, 15) is 4.79 Å². The zero-order valence-electron chi connectivity index (χ0n) is 10.6. The number of benzene rings is 1. The Morgan fingerprint density at radius 3 is 2.67 bits per heavy atom. The van der Waals surface area contributed by atoms with Gasteiger partial charge in [0, 0.05) is 23.5 Å². The molecule has 5 nitrogen and oxygen atoms in total. The normalized spacial score (nSPS) is 10.6. The van der Waals surface area contributed by atoms with E-state index in [1.807, 2.05) is 0 Å². The highest BCUT2D eigenvalue weighted by atomic mass is 35.5. The van der Waals surface area contributed by atoms with Crippen molar-refractivity contribution >= 4 is 23.2 Å². The predicted octanol–water partition coefficient (Wildman–Crippen LogP) is 3.00. The lowest BCUT2D eigenvalue weighted by molar-refractivity contribution is 0.839. The van der Waals surface area contributed by atoms with E-state index >= 15 is 0 Å². The van der Waals surface area contributed by atoms with Crippen molar-refractivity contribution in [2.45, 2.75) is 0 Å². The van der Waals surface area contributed by atoms with Crippen LogP contribution in [0.2, 0.25) is 10.0 Å². The summed E-state index contributed by atoms with van der Waals surface area (Å²) in [4.78, 5) is 19.8. The van der Waals surface area contributed by atoms with Gasteiger partial charge in [0.1, 0.15) is 6.33 Å². The van der Waals surface area contributed by atoms with Gasteiger partial charge in [-0.1, -0.05) is 23.2 Å². The first-order valence-corrected chi connectivity index (χ1v) is 6.72. The summed E-state index contributed by atoms with van der Waals surface area (Å²) in [6.07, 6.45) is 4.46. The van der Waals surface area contributed by atoms with E-state index in [4.69, 9.17) is 23.2 Å². The maximum atomic E-state index is 12.0. The van der Waals surface area contributed by atoms with Crippen LogP contribution in [0.1, 0.15) is 0 Å². The third-order valence-corrected chi connectivity index (χ3v) is 3.33. The Morgan fingerprint density at radius 1 is 1.10 bits per heavy atom. The molecule has 3 rings (SSSR count). The van der Waals surface area contributed by atoms with Gasteiger partial charge < -0.3 is 0 Å². The van der Waals surface area contributed by atoms with Gasteiger partial charge in [-0.2, -0.15) is 5.10 Å². The molecule has 0 N–H and O–H groups in total. The first kappa shape index (κ1) is 13.7. The molecule has 3 aromatic rings. The molecule has 21 heavy (non-hydrogen) atoms. The van der Waals surface area contributed by atoms with Gasteiger partial charge in [0.05, 0.1) is 16.4 Å². The van der Waals surface area contributed by atoms with E-state index in [-0.39, 0.29) is 11.1 Å². The van der Waals surface area contributed by atoms with Crippen LogP contribution in [-0.4, -0.2) is 19.7 Å². The van der Waals surface area contributed by atoms with Crippen LogP contribution in [0.4, 0.5) is 0 Å². The molecule has 0 unspecified atom stereocenters. The van der Waals surface area contributed by atoms with Crippen LogP contribution in [0, 0.1) is 0 Å². The van der Waals surface area contributed by atoms with Crippen LogP contribution in [-0.2, 0) is 0 Å². The van der Waals surface area contributed by atoms with Crippen molar-refractivity contribution in [3.05, 3.63) is 69.3 Å². The lowest BCUT2D eigenvalue weighted by atomic mass is 10.2. The molecular weight excluding hydrogens is 311 g/mol. The second kappa shape index (κ2) is 5.63. The first-order chi connectivity index (χ1) is 10.1. The Labute approximate surface area is 129 Å². The Morgan fingerprint density at radius 2 is 1.95 bits per heavy atom. The van der Waals surface area contributed by atoms with Crippen LogP contribution in [0.15, 0.2) is 53.8 Å². The molecule has 2 aromatic heterocycles. The highest BCUT2D eigenvalue weighted by Gasteiger charge is 2.09. The van der Waals surface area contributed by atoms with Gasteiger partial charge in [0.15, 0.2) is 5.69 Å². The Hall–Kier alpha value is -2.24. The van der Waals surface area contributed by atoms with Crippen LogP contribution < -0.4 is 5.43 Å². The van der Waals surface area contributed by atoms with Crippen LogP contribution in [0.5, 0.6) is 0 Å². The molecule has 104 valence electrons. The third-order valence-electron chi connectivity index (χ3n) is 2.79. The zero-order chi connectivity index (χ0) is 14.8. The molecule has 0 amide bonds. The standard InChI is InChI=1S/C14H8Cl2N4O/c15-9-1-2-12(10(16)7-9)20-6-4-13(21)14(19-20)11-3-5-17-8-18-11/h1-8H. The van der Waals surface area contributed by atoms with Crippen molar-refractivity contribution in [3.8, 4) is 17.1 Å². The summed E-state index contributed by atoms with van der Waals surface area (Å²) >= 11 is 12.0. The summed E-state index contributed by atoms with van der Waals surface area (Å²) in [6.45, 7) is 0. The van der Waals surface area contributed by atoms with Crippen LogP contribution in [0.25, 0.3) is 17.1 Å². The van der Waals surface area contributed by atoms with Crippen molar-refractivity contribution < 1.29 is 0 Å². The van der Waals surface area contributed by atoms with E-state index in [2.05, 4.69) is 15.1 Å². The topological polar surface area (TPSA) is 60.7 Å². The largest absolute Gasteiger partial charge is 0.287 e. The molecule has 0 atom stereocenters. The van der Waals surface area contributed by atoms with Gasteiger partial charge in [-0.3, -0.25) is 4.79 Å². The number of aromatic nitrogens is 4. The lowest BCUT2D eigenvalue weighted by Crippen LogP contribution is -2.13. The summed E-state index contributed by atoms with van der Waals surface area (Å²) in [5, 5.41) is 5.26. The van der Waals surface area contributed by atoms with Gasteiger partial charge in [0.25, 0.3) is 0 Å². The molecule has 2 heterocycles. The number of hydrogen-bond donors (Lipinski definition) is 0. The number of hydrogen-bond acceptors (Lipinski definition) is 4. The molecule has 1 aromatic carbocycles. The summed E-state index contributed by atoms with van der Waals surface area (Å²) in [5.74, 6) is 0. The number of nitrogens with zero attached hydrogens (tertiary/aromatic N) is 4. The summed E-state index contributed by atoms with van der Waals surface area (Å²) < 4.78 is 1.51. The predicted molar refractivity (Wildman–Crippen MR) is 80.9 cm³/mol. The second-order valence-electron chi connectivity index (χ2n) is 4.16. The third kappa shape index (κ3) is 2.79. The summed E-state index contributed by atoms with van der Waals surface area (Å²) in [6, 6.07) is 8.08. The molecule has 0 aliphatic heterocycles. The van der Waals surface area contributed by atoms with Crippen molar-refractivity contribution in [2.24, 2.45) is 0 Å². The molecule has 0 aliphatic rings.